The molecule has 3 aromatic carbocycles. The Kier molecular flexibility index (Phi) is 7.76. The Morgan fingerprint density at radius 3 is 2.36 bits per heavy atom. The molecule has 4 rings (SSSR count). The molecule has 1 aliphatic heterocycles. The molecule has 1 unspecified atom stereocenters. The molecule has 0 aromatic heterocycles. The van der Waals surface area contributed by atoms with Crippen LogP contribution in [0.3, 0.4) is 0 Å². The van der Waals surface area contributed by atoms with E-state index in [9.17, 15) is 23.5 Å². The minimum absolute atomic E-state index is 0.0156. The second kappa shape index (κ2) is 11.0. The third-order valence-electron chi connectivity index (χ3n) is 6.85. The van der Waals surface area contributed by atoms with Gasteiger partial charge in [0, 0.05) is 42.7 Å². The lowest BCUT2D eigenvalue weighted by Gasteiger charge is -2.31. The van der Waals surface area contributed by atoms with Gasteiger partial charge in [0.1, 0.15) is 11.6 Å². The van der Waals surface area contributed by atoms with Crippen molar-refractivity contribution >= 4 is 11.8 Å². The number of primary amides is 1. The van der Waals surface area contributed by atoms with Crippen LogP contribution in [0.5, 0.6) is 0 Å². The van der Waals surface area contributed by atoms with E-state index in [1.165, 1.54) is 25.2 Å². The van der Waals surface area contributed by atoms with Crippen LogP contribution in [0.1, 0.15) is 55.7 Å². The Morgan fingerprint density at radius 2 is 1.72 bits per heavy atom. The largest absolute Gasteiger partial charge is 0.391 e. The highest BCUT2D eigenvalue weighted by Gasteiger charge is 2.38. The van der Waals surface area contributed by atoms with Crippen molar-refractivity contribution in [2.24, 2.45) is 5.73 Å². The van der Waals surface area contributed by atoms with Crippen molar-refractivity contribution in [1.29, 1.82) is 0 Å². The van der Waals surface area contributed by atoms with Gasteiger partial charge in [0.25, 0.3) is 5.91 Å². The summed E-state index contributed by atoms with van der Waals surface area (Å²) in [4.78, 5) is 25.2. The third kappa shape index (κ3) is 5.45. The fourth-order valence-electron chi connectivity index (χ4n) is 5.18. The van der Waals surface area contributed by atoms with Gasteiger partial charge in [-0.15, -0.1) is 0 Å². The smallest absolute Gasteiger partial charge is 0.251 e. The first-order chi connectivity index (χ1) is 17.3. The van der Waals surface area contributed by atoms with Gasteiger partial charge in [0.2, 0.25) is 5.91 Å². The molecule has 0 spiro atoms. The van der Waals surface area contributed by atoms with Gasteiger partial charge in [0.15, 0.2) is 0 Å². The van der Waals surface area contributed by atoms with Gasteiger partial charge in [-0.1, -0.05) is 36.4 Å². The van der Waals surface area contributed by atoms with Gasteiger partial charge in [-0.2, -0.15) is 0 Å². The highest BCUT2D eigenvalue weighted by atomic mass is 19.1. The fourth-order valence-corrected chi connectivity index (χ4v) is 5.18. The molecular formula is C28H29F2N3O3. The van der Waals surface area contributed by atoms with Gasteiger partial charge in [-0.3, -0.25) is 9.59 Å². The summed E-state index contributed by atoms with van der Waals surface area (Å²) >= 11 is 0. The maximum absolute atomic E-state index is 14.0. The summed E-state index contributed by atoms with van der Waals surface area (Å²) in [5.41, 5.74) is 7.60. The van der Waals surface area contributed by atoms with Crippen molar-refractivity contribution in [2.75, 3.05) is 13.6 Å². The first kappa shape index (κ1) is 25.5. The molecule has 0 bridgehead atoms. The molecule has 5 N–H and O–H groups in total. The standard InChI is InChI=1S/C28H29F2N3O3/c1-32-28(36)22-9-5-8-21(27(31)35)25(22)23(12-16-10-19(29)14-20(30)11-16)26(34)24-13-18(15-33-24)17-6-3-2-4-7-17/h2-11,14,18,23-24,26,33-34H,12-13,15H2,1H3,(H2,31,35)(H,32,36)/t18?,23-,24+,26+/m0/s1. The fraction of sp³-hybridized carbons (Fsp3) is 0.286. The Morgan fingerprint density at radius 1 is 1.06 bits per heavy atom. The average Bonchev–Trinajstić information content (AvgIpc) is 3.36. The summed E-state index contributed by atoms with van der Waals surface area (Å²) in [6.07, 6.45) is -0.500. The number of hydrogen-bond donors (Lipinski definition) is 4. The first-order valence-corrected chi connectivity index (χ1v) is 11.8. The molecule has 1 saturated heterocycles. The molecular weight excluding hydrogens is 464 g/mol. The van der Waals surface area contributed by atoms with Crippen LogP contribution in [0.15, 0.2) is 66.7 Å². The van der Waals surface area contributed by atoms with Crippen molar-refractivity contribution in [1.82, 2.24) is 10.6 Å². The minimum Gasteiger partial charge on any atom is -0.391 e. The Bertz CT molecular complexity index is 1230. The zero-order chi connectivity index (χ0) is 25.8. The zero-order valence-corrected chi connectivity index (χ0v) is 19.9. The maximum Gasteiger partial charge on any atom is 0.251 e. The second-order valence-corrected chi connectivity index (χ2v) is 9.15. The van der Waals surface area contributed by atoms with Crippen molar-refractivity contribution in [3.8, 4) is 0 Å². The van der Waals surface area contributed by atoms with Gasteiger partial charge in [-0.05, 0) is 59.7 Å². The summed E-state index contributed by atoms with van der Waals surface area (Å²) < 4.78 is 28.1. The van der Waals surface area contributed by atoms with Crippen molar-refractivity contribution in [3.05, 3.63) is 106 Å². The minimum atomic E-state index is -1.09. The van der Waals surface area contributed by atoms with Crippen LogP contribution in [0.2, 0.25) is 0 Å². The lowest BCUT2D eigenvalue weighted by atomic mass is 9.78. The van der Waals surface area contributed by atoms with Crippen LogP contribution in [0.4, 0.5) is 8.78 Å². The maximum atomic E-state index is 14.0. The summed E-state index contributed by atoms with van der Waals surface area (Å²) in [7, 11) is 1.46. The van der Waals surface area contributed by atoms with Crippen LogP contribution < -0.4 is 16.4 Å². The molecule has 1 aliphatic rings. The summed E-state index contributed by atoms with van der Waals surface area (Å²) in [6.45, 7) is 0.632. The van der Waals surface area contributed by atoms with Crippen LogP contribution in [-0.4, -0.2) is 42.7 Å². The highest BCUT2D eigenvalue weighted by molar-refractivity contribution is 6.02. The third-order valence-corrected chi connectivity index (χ3v) is 6.85. The van der Waals surface area contributed by atoms with Gasteiger partial charge >= 0.3 is 0 Å². The zero-order valence-electron chi connectivity index (χ0n) is 19.9. The van der Waals surface area contributed by atoms with E-state index in [2.05, 4.69) is 10.6 Å². The predicted molar refractivity (Wildman–Crippen MR) is 133 cm³/mol. The number of carbonyl (C=O) groups is 2. The Hall–Kier alpha value is -3.62. The summed E-state index contributed by atoms with van der Waals surface area (Å²) in [5.74, 6) is -3.43. The Balaban J connectivity index is 1.77. The van der Waals surface area contributed by atoms with Gasteiger partial charge in [0.05, 0.1) is 6.10 Å². The Labute approximate surface area is 208 Å². The average molecular weight is 494 g/mol. The number of aliphatic hydroxyl groups excluding tert-OH is 1. The van der Waals surface area contributed by atoms with Crippen molar-refractivity contribution < 1.29 is 23.5 Å². The van der Waals surface area contributed by atoms with Crippen LogP contribution in [0.25, 0.3) is 0 Å². The van der Waals surface area contributed by atoms with E-state index in [0.29, 0.717) is 13.0 Å². The number of benzene rings is 3. The molecule has 8 heteroatoms. The van der Waals surface area contributed by atoms with Crippen molar-refractivity contribution in [3.63, 3.8) is 0 Å². The molecule has 6 nitrogen and oxygen atoms in total. The highest BCUT2D eigenvalue weighted by Crippen LogP contribution is 2.36. The van der Waals surface area contributed by atoms with Crippen LogP contribution in [-0.2, 0) is 6.42 Å². The van der Waals surface area contributed by atoms with E-state index in [0.717, 1.165) is 11.6 Å². The molecule has 1 heterocycles. The van der Waals surface area contributed by atoms with Crippen molar-refractivity contribution in [2.45, 2.75) is 36.8 Å². The van der Waals surface area contributed by atoms with E-state index in [1.807, 2.05) is 30.3 Å². The van der Waals surface area contributed by atoms with Gasteiger partial charge in [-0.25, -0.2) is 8.78 Å². The monoisotopic (exact) mass is 493 g/mol. The molecule has 2 amide bonds. The molecule has 36 heavy (non-hydrogen) atoms. The molecule has 188 valence electrons. The molecule has 1 fully saturated rings. The number of aliphatic hydroxyl groups is 1. The molecule has 3 aromatic rings. The lowest BCUT2D eigenvalue weighted by Crippen LogP contribution is -2.41. The molecule has 0 radical (unpaired) electrons. The normalized spacial score (nSPS) is 19.0. The van der Waals surface area contributed by atoms with E-state index in [-0.39, 0.29) is 34.6 Å². The van der Waals surface area contributed by atoms with E-state index >= 15 is 0 Å². The van der Waals surface area contributed by atoms with E-state index in [4.69, 9.17) is 5.73 Å². The number of hydrogen-bond acceptors (Lipinski definition) is 4. The molecule has 0 saturated carbocycles. The van der Waals surface area contributed by atoms with Crippen LogP contribution in [0, 0.1) is 11.6 Å². The summed E-state index contributed by atoms with van der Waals surface area (Å²) in [6, 6.07) is 17.2. The number of carbonyl (C=O) groups excluding carboxylic acids is 2. The number of halogens is 2. The predicted octanol–water partition coefficient (Wildman–Crippen LogP) is 3.26. The summed E-state index contributed by atoms with van der Waals surface area (Å²) in [5, 5.41) is 17.6. The number of nitrogens with two attached hydrogens (primary N) is 1. The number of amides is 2. The van der Waals surface area contributed by atoms with E-state index < -0.39 is 41.5 Å². The number of rotatable bonds is 8. The lowest BCUT2D eigenvalue weighted by molar-refractivity contribution is 0.0942. The molecule has 4 atom stereocenters. The first-order valence-electron chi connectivity index (χ1n) is 11.8. The SMILES string of the molecule is CNC(=O)c1cccc(C(N)=O)c1[C@H](Cc1cc(F)cc(F)c1)[C@@H](O)[C@H]1CC(c2ccccc2)CN1. The molecule has 0 aliphatic carbocycles. The van der Waals surface area contributed by atoms with Gasteiger partial charge < -0.3 is 21.5 Å². The second-order valence-electron chi connectivity index (χ2n) is 9.15. The number of nitrogens with one attached hydrogen (secondary N) is 2. The van der Waals surface area contributed by atoms with E-state index in [1.54, 1.807) is 12.1 Å². The quantitative estimate of drug-likeness (QED) is 0.387. The topological polar surface area (TPSA) is 104 Å². The van der Waals surface area contributed by atoms with Crippen LogP contribution >= 0.6 is 0 Å².